The highest BCUT2D eigenvalue weighted by molar-refractivity contribution is 6.22. The van der Waals surface area contributed by atoms with Crippen molar-refractivity contribution in [2.45, 2.75) is 0 Å². The topological polar surface area (TPSA) is 18.6 Å². The van der Waals surface area contributed by atoms with E-state index in [0.717, 1.165) is 27.8 Å². The second kappa shape index (κ2) is 8.33. The van der Waals surface area contributed by atoms with Crippen LogP contribution < -0.4 is 0 Å². The molecule has 0 fully saturated rings. The van der Waals surface area contributed by atoms with Gasteiger partial charge in [-0.1, -0.05) is 78.9 Å². The van der Waals surface area contributed by atoms with Crippen molar-refractivity contribution >= 4 is 65.8 Å². The number of rotatable bonds is 2. The van der Waals surface area contributed by atoms with Gasteiger partial charge in [-0.15, -0.1) is 0 Å². The first-order valence-electron chi connectivity index (χ1n) is 13.1. The van der Waals surface area contributed by atoms with Crippen LogP contribution in [0.4, 0.5) is 11.4 Å². The quantitative estimate of drug-likeness (QED) is 0.207. The minimum atomic E-state index is 0.366. The van der Waals surface area contributed by atoms with Crippen molar-refractivity contribution in [2.75, 3.05) is 0 Å². The summed E-state index contributed by atoms with van der Waals surface area (Å²) in [5.41, 5.74) is 7.19. The van der Waals surface area contributed by atoms with Gasteiger partial charge in [0.25, 0.3) is 0 Å². The zero-order valence-electron chi connectivity index (χ0n) is 21.3. The van der Waals surface area contributed by atoms with E-state index in [0.29, 0.717) is 11.4 Å². The summed E-state index contributed by atoms with van der Waals surface area (Å²) in [5.74, 6) is 0. The van der Waals surface area contributed by atoms with Crippen molar-refractivity contribution in [3.8, 4) is 11.4 Å². The highest BCUT2D eigenvalue weighted by Crippen LogP contribution is 2.41. The number of para-hydroxylation sites is 2. The Morgan fingerprint density at radius 1 is 0.425 bits per heavy atom. The maximum absolute atomic E-state index is 7.65. The molecule has 2 heterocycles. The van der Waals surface area contributed by atoms with Crippen molar-refractivity contribution in [1.29, 1.82) is 0 Å². The van der Waals surface area contributed by atoms with Crippen LogP contribution in [0, 0.1) is 13.1 Å². The fraction of sp³-hybridized carbons (Fsp3) is 0. The molecule has 0 unspecified atom stereocenters. The Kier molecular flexibility index (Phi) is 4.62. The van der Waals surface area contributed by atoms with Crippen LogP contribution in [0.5, 0.6) is 0 Å². The Morgan fingerprint density at radius 2 is 0.975 bits per heavy atom. The standard InChI is InChI=1S/C36H20N4/c1-37-30-18-16-25(22-31(30)38-2)40-34-20-17-24(21-29(34)36-26-10-4-3-9-23(26)15-19-35(36)40)39-32-13-7-5-11-27(32)28-12-6-8-14-33(28)39/h3-22H. The molecule has 40 heavy (non-hydrogen) atoms. The van der Waals surface area contributed by atoms with Crippen LogP contribution in [0.3, 0.4) is 0 Å². The van der Waals surface area contributed by atoms with Crippen molar-refractivity contribution in [3.05, 3.63) is 144 Å². The van der Waals surface area contributed by atoms with E-state index in [-0.39, 0.29) is 0 Å². The van der Waals surface area contributed by atoms with Gasteiger partial charge in [-0.05, 0) is 53.2 Å². The Hall–Kier alpha value is -5.84. The van der Waals surface area contributed by atoms with Crippen LogP contribution in [0.2, 0.25) is 0 Å². The number of hydrogen-bond acceptors (Lipinski definition) is 0. The van der Waals surface area contributed by atoms with Gasteiger partial charge in [0, 0.05) is 32.9 Å². The van der Waals surface area contributed by atoms with E-state index in [9.17, 15) is 0 Å². The Morgan fingerprint density at radius 3 is 1.70 bits per heavy atom. The molecule has 2 aromatic heterocycles. The van der Waals surface area contributed by atoms with Crippen molar-refractivity contribution in [3.63, 3.8) is 0 Å². The van der Waals surface area contributed by atoms with E-state index in [1.54, 1.807) is 6.07 Å². The monoisotopic (exact) mass is 508 g/mol. The molecule has 0 saturated carbocycles. The fourth-order valence-corrected chi connectivity index (χ4v) is 6.23. The summed E-state index contributed by atoms with van der Waals surface area (Å²) >= 11 is 0. The van der Waals surface area contributed by atoms with E-state index >= 15 is 0 Å². The molecular formula is C36H20N4. The van der Waals surface area contributed by atoms with E-state index in [1.807, 2.05) is 12.1 Å². The number of nitrogens with zero attached hydrogens (tertiary/aromatic N) is 4. The van der Waals surface area contributed by atoms with E-state index in [2.05, 4.69) is 122 Å². The van der Waals surface area contributed by atoms with Crippen LogP contribution >= 0.6 is 0 Å². The summed E-state index contributed by atoms with van der Waals surface area (Å²) in [5, 5.41) is 7.15. The minimum Gasteiger partial charge on any atom is -0.311 e. The van der Waals surface area contributed by atoms with Crippen LogP contribution in [-0.2, 0) is 0 Å². The van der Waals surface area contributed by atoms with Gasteiger partial charge < -0.3 is 9.13 Å². The highest BCUT2D eigenvalue weighted by atomic mass is 15.0. The molecule has 0 atom stereocenters. The van der Waals surface area contributed by atoms with E-state index in [4.69, 9.17) is 13.1 Å². The normalized spacial score (nSPS) is 11.4. The molecule has 4 heteroatoms. The molecule has 0 saturated heterocycles. The SMILES string of the molecule is [C-]#[N+]c1ccc(-n2c3ccc(-n4c5ccccc5c5ccccc54)cc3c3c4ccccc4ccc32)cc1[N+]#[C-]. The first-order chi connectivity index (χ1) is 19.8. The van der Waals surface area contributed by atoms with Gasteiger partial charge in [-0.25, -0.2) is 0 Å². The second-order valence-corrected chi connectivity index (χ2v) is 9.98. The van der Waals surface area contributed by atoms with Gasteiger partial charge in [0.1, 0.15) is 0 Å². The molecule has 0 aliphatic rings. The molecule has 6 aromatic carbocycles. The molecule has 0 amide bonds. The Balaban J connectivity index is 1.51. The van der Waals surface area contributed by atoms with Crippen molar-refractivity contribution in [1.82, 2.24) is 9.13 Å². The zero-order chi connectivity index (χ0) is 26.8. The molecule has 0 radical (unpaired) electrons. The molecule has 0 bridgehead atoms. The lowest BCUT2D eigenvalue weighted by Gasteiger charge is -2.11. The molecule has 0 spiro atoms. The van der Waals surface area contributed by atoms with Crippen LogP contribution in [0.1, 0.15) is 0 Å². The van der Waals surface area contributed by atoms with E-state index < -0.39 is 0 Å². The smallest absolute Gasteiger partial charge is 0.196 e. The summed E-state index contributed by atoms with van der Waals surface area (Å²) in [6, 6.07) is 42.1. The number of fused-ring (bicyclic) bond motifs is 8. The van der Waals surface area contributed by atoms with Gasteiger partial charge in [-0.2, -0.15) is 0 Å². The summed E-state index contributed by atoms with van der Waals surface area (Å²) < 4.78 is 4.56. The molecule has 0 aliphatic carbocycles. The lowest BCUT2D eigenvalue weighted by atomic mass is 10.0. The molecule has 184 valence electrons. The number of aromatic nitrogens is 2. The molecular weight excluding hydrogens is 488 g/mol. The second-order valence-electron chi connectivity index (χ2n) is 9.98. The van der Waals surface area contributed by atoms with Crippen molar-refractivity contribution < 1.29 is 0 Å². The summed E-state index contributed by atoms with van der Waals surface area (Å²) in [6.45, 7) is 15.1. The number of benzene rings is 6. The third-order valence-electron chi connectivity index (χ3n) is 7.93. The minimum absolute atomic E-state index is 0.366. The molecule has 0 N–H and O–H groups in total. The highest BCUT2D eigenvalue weighted by Gasteiger charge is 2.18. The maximum Gasteiger partial charge on any atom is 0.196 e. The Bertz CT molecular complexity index is 2350. The van der Waals surface area contributed by atoms with Gasteiger partial charge in [0.05, 0.1) is 35.2 Å². The third-order valence-corrected chi connectivity index (χ3v) is 7.93. The lowest BCUT2D eigenvalue weighted by Crippen LogP contribution is -1.95. The molecule has 0 aliphatic heterocycles. The van der Waals surface area contributed by atoms with Gasteiger partial charge in [-0.3, -0.25) is 9.69 Å². The van der Waals surface area contributed by atoms with Gasteiger partial charge in [0.15, 0.2) is 11.4 Å². The number of hydrogen-bond donors (Lipinski definition) is 0. The van der Waals surface area contributed by atoms with E-state index in [1.165, 1.54) is 38.0 Å². The third kappa shape index (κ3) is 2.99. The average Bonchev–Trinajstić information content (AvgIpc) is 3.53. The Labute approximate surface area is 230 Å². The first-order valence-corrected chi connectivity index (χ1v) is 13.1. The molecule has 8 aromatic rings. The van der Waals surface area contributed by atoms with Gasteiger partial charge in [0.2, 0.25) is 0 Å². The fourth-order valence-electron chi connectivity index (χ4n) is 6.23. The predicted octanol–water partition coefficient (Wildman–Crippen LogP) is 10.1. The summed E-state index contributed by atoms with van der Waals surface area (Å²) in [6.07, 6.45) is 0. The maximum atomic E-state index is 7.65. The molecule has 4 nitrogen and oxygen atoms in total. The van der Waals surface area contributed by atoms with Crippen molar-refractivity contribution in [2.24, 2.45) is 0 Å². The molecule has 8 rings (SSSR count). The zero-order valence-corrected chi connectivity index (χ0v) is 21.3. The van der Waals surface area contributed by atoms with Gasteiger partial charge >= 0.3 is 0 Å². The lowest BCUT2D eigenvalue weighted by molar-refractivity contribution is 1.17. The van der Waals surface area contributed by atoms with Crippen LogP contribution in [0.25, 0.3) is 75.4 Å². The average molecular weight is 509 g/mol. The summed E-state index contributed by atoms with van der Waals surface area (Å²) in [4.78, 5) is 7.19. The largest absolute Gasteiger partial charge is 0.311 e. The predicted molar refractivity (Wildman–Crippen MR) is 165 cm³/mol. The first kappa shape index (κ1) is 22.2. The van der Waals surface area contributed by atoms with Crippen LogP contribution in [-0.4, -0.2) is 9.13 Å². The summed E-state index contributed by atoms with van der Waals surface area (Å²) in [7, 11) is 0. The van der Waals surface area contributed by atoms with Crippen LogP contribution in [0.15, 0.2) is 121 Å².